The topological polar surface area (TPSA) is 109 Å². The zero-order valence-electron chi connectivity index (χ0n) is 14.0. The summed E-state index contributed by atoms with van der Waals surface area (Å²) in [5.74, 6) is -1.07. The number of aromatic nitrogens is 3. The SMILES string of the molecule is O=C(NN1C(=O)NC2(CCCCC2)C1=O)c1cn(-c2ccccc2)nn1. The van der Waals surface area contributed by atoms with Gasteiger partial charge in [-0.15, -0.1) is 5.10 Å². The second kappa shape index (κ2) is 6.25. The Morgan fingerprint density at radius 3 is 2.58 bits per heavy atom. The summed E-state index contributed by atoms with van der Waals surface area (Å²) in [4.78, 5) is 37.3. The van der Waals surface area contributed by atoms with Gasteiger partial charge >= 0.3 is 6.03 Å². The minimum absolute atomic E-state index is 0.0130. The highest BCUT2D eigenvalue weighted by Gasteiger charge is 2.52. The lowest BCUT2D eigenvalue weighted by Gasteiger charge is -2.30. The number of carbonyl (C=O) groups excluding carboxylic acids is 3. The van der Waals surface area contributed by atoms with Crippen molar-refractivity contribution < 1.29 is 14.4 Å². The normalized spacial score (nSPS) is 18.8. The Balaban J connectivity index is 1.49. The number of hydrazine groups is 1. The molecule has 2 aromatic rings. The summed E-state index contributed by atoms with van der Waals surface area (Å²) in [5, 5.41) is 11.2. The molecule has 1 aliphatic carbocycles. The van der Waals surface area contributed by atoms with Crippen LogP contribution >= 0.6 is 0 Å². The van der Waals surface area contributed by atoms with Crippen molar-refractivity contribution >= 4 is 17.8 Å². The van der Waals surface area contributed by atoms with E-state index >= 15 is 0 Å². The van der Waals surface area contributed by atoms with E-state index in [9.17, 15) is 14.4 Å². The van der Waals surface area contributed by atoms with Crippen molar-refractivity contribution in [1.29, 1.82) is 0 Å². The number of para-hydroxylation sites is 1. The van der Waals surface area contributed by atoms with Gasteiger partial charge in [0.2, 0.25) is 0 Å². The molecule has 9 heteroatoms. The van der Waals surface area contributed by atoms with Gasteiger partial charge in [0.1, 0.15) is 5.54 Å². The smallest absolute Gasteiger partial charge is 0.322 e. The highest BCUT2D eigenvalue weighted by molar-refractivity contribution is 6.09. The Labute approximate surface area is 149 Å². The number of nitrogens with zero attached hydrogens (tertiary/aromatic N) is 4. The maximum atomic E-state index is 12.7. The molecule has 1 aliphatic heterocycles. The number of hydrogen-bond acceptors (Lipinski definition) is 5. The zero-order valence-corrected chi connectivity index (χ0v) is 14.0. The third-order valence-electron chi connectivity index (χ3n) is 4.83. The predicted octanol–water partition coefficient (Wildman–Crippen LogP) is 1.17. The minimum Gasteiger partial charge on any atom is -0.322 e. The second-order valence-corrected chi connectivity index (χ2v) is 6.54. The van der Waals surface area contributed by atoms with Gasteiger partial charge in [-0.3, -0.25) is 15.0 Å². The quantitative estimate of drug-likeness (QED) is 0.804. The van der Waals surface area contributed by atoms with Crippen LogP contribution in [0.4, 0.5) is 4.79 Å². The number of imide groups is 1. The van der Waals surface area contributed by atoms with Gasteiger partial charge in [-0.2, -0.15) is 5.01 Å². The Bertz CT molecular complexity index is 856. The molecule has 4 rings (SSSR count). The monoisotopic (exact) mass is 354 g/mol. The summed E-state index contributed by atoms with van der Waals surface area (Å²) in [5.41, 5.74) is 2.22. The van der Waals surface area contributed by atoms with E-state index in [0.29, 0.717) is 12.8 Å². The van der Waals surface area contributed by atoms with Crippen LogP contribution < -0.4 is 10.7 Å². The van der Waals surface area contributed by atoms with Crippen molar-refractivity contribution in [3.05, 3.63) is 42.2 Å². The van der Waals surface area contributed by atoms with E-state index < -0.39 is 23.4 Å². The molecule has 1 aromatic carbocycles. The highest BCUT2D eigenvalue weighted by Crippen LogP contribution is 2.33. The molecule has 1 saturated heterocycles. The fraction of sp³-hybridized carbons (Fsp3) is 0.353. The van der Waals surface area contributed by atoms with Crippen LogP contribution in [0.5, 0.6) is 0 Å². The average Bonchev–Trinajstić information content (AvgIpc) is 3.24. The molecule has 0 atom stereocenters. The van der Waals surface area contributed by atoms with Gasteiger partial charge < -0.3 is 5.32 Å². The lowest BCUT2D eigenvalue weighted by Crippen LogP contribution is -2.51. The van der Waals surface area contributed by atoms with E-state index in [2.05, 4.69) is 21.1 Å². The van der Waals surface area contributed by atoms with E-state index in [-0.39, 0.29) is 5.69 Å². The number of rotatable bonds is 3. The molecule has 2 aliphatic rings. The average molecular weight is 354 g/mol. The number of carbonyl (C=O) groups is 3. The number of nitrogens with one attached hydrogen (secondary N) is 2. The lowest BCUT2D eigenvalue weighted by molar-refractivity contribution is -0.134. The van der Waals surface area contributed by atoms with Crippen LogP contribution in [0, 0.1) is 0 Å². The summed E-state index contributed by atoms with van der Waals surface area (Å²) in [7, 11) is 0. The molecule has 9 nitrogen and oxygen atoms in total. The van der Waals surface area contributed by atoms with Crippen molar-refractivity contribution in [2.45, 2.75) is 37.6 Å². The molecular formula is C17H18N6O3. The van der Waals surface area contributed by atoms with E-state index in [4.69, 9.17) is 0 Å². The van der Waals surface area contributed by atoms with E-state index in [0.717, 1.165) is 30.0 Å². The molecule has 1 saturated carbocycles. The Hall–Kier alpha value is -3.23. The molecule has 0 unspecified atom stereocenters. The summed E-state index contributed by atoms with van der Waals surface area (Å²) in [6.07, 6.45) is 5.42. The van der Waals surface area contributed by atoms with Crippen LogP contribution in [0.15, 0.2) is 36.5 Å². The minimum atomic E-state index is -0.885. The van der Waals surface area contributed by atoms with Crippen molar-refractivity contribution in [1.82, 2.24) is 30.7 Å². The van der Waals surface area contributed by atoms with Crippen molar-refractivity contribution in [3.8, 4) is 5.69 Å². The van der Waals surface area contributed by atoms with Gasteiger partial charge in [0.15, 0.2) is 5.69 Å². The predicted molar refractivity (Wildman–Crippen MR) is 90.0 cm³/mol. The van der Waals surface area contributed by atoms with Crippen LogP contribution in [0.2, 0.25) is 0 Å². The molecule has 0 radical (unpaired) electrons. The molecule has 2 N–H and O–H groups in total. The number of benzene rings is 1. The first-order valence-electron chi connectivity index (χ1n) is 8.55. The van der Waals surface area contributed by atoms with Crippen LogP contribution in [-0.4, -0.2) is 43.4 Å². The third-order valence-corrected chi connectivity index (χ3v) is 4.83. The molecule has 26 heavy (non-hydrogen) atoms. The fourth-order valence-corrected chi connectivity index (χ4v) is 3.45. The maximum absolute atomic E-state index is 12.7. The van der Waals surface area contributed by atoms with E-state index in [1.165, 1.54) is 10.9 Å². The Morgan fingerprint density at radius 2 is 1.85 bits per heavy atom. The highest BCUT2D eigenvalue weighted by atomic mass is 16.2. The van der Waals surface area contributed by atoms with Crippen LogP contribution in [0.1, 0.15) is 42.6 Å². The van der Waals surface area contributed by atoms with Gasteiger partial charge in [-0.1, -0.05) is 42.7 Å². The molecule has 2 heterocycles. The van der Waals surface area contributed by atoms with Crippen molar-refractivity contribution in [2.24, 2.45) is 0 Å². The first-order valence-corrected chi connectivity index (χ1v) is 8.55. The lowest BCUT2D eigenvalue weighted by atomic mass is 9.82. The molecule has 1 aromatic heterocycles. The summed E-state index contributed by atoms with van der Waals surface area (Å²) >= 11 is 0. The van der Waals surface area contributed by atoms with E-state index in [1.807, 2.05) is 30.3 Å². The van der Waals surface area contributed by atoms with Gasteiger partial charge in [-0.05, 0) is 25.0 Å². The van der Waals surface area contributed by atoms with Crippen LogP contribution in [-0.2, 0) is 4.79 Å². The number of amides is 4. The number of hydrogen-bond donors (Lipinski definition) is 2. The van der Waals surface area contributed by atoms with Gasteiger partial charge in [0.25, 0.3) is 11.8 Å². The second-order valence-electron chi connectivity index (χ2n) is 6.54. The maximum Gasteiger partial charge on any atom is 0.344 e. The first kappa shape index (κ1) is 16.2. The first-order chi connectivity index (χ1) is 12.6. The van der Waals surface area contributed by atoms with Crippen LogP contribution in [0.3, 0.4) is 0 Å². The fourth-order valence-electron chi connectivity index (χ4n) is 3.45. The van der Waals surface area contributed by atoms with Crippen LogP contribution in [0.25, 0.3) is 5.69 Å². The molecule has 2 fully saturated rings. The largest absolute Gasteiger partial charge is 0.344 e. The van der Waals surface area contributed by atoms with Crippen molar-refractivity contribution in [3.63, 3.8) is 0 Å². The molecule has 0 bridgehead atoms. The molecule has 4 amide bonds. The third kappa shape index (κ3) is 2.71. The van der Waals surface area contributed by atoms with Crippen molar-refractivity contribution in [2.75, 3.05) is 0 Å². The Kier molecular flexibility index (Phi) is 3.90. The summed E-state index contributed by atoms with van der Waals surface area (Å²) in [6.45, 7) is 0. The zero-order chi connectivity index (χ0) is 18.1. The van der Waals surface area contributed by atoms with Gasteiger partial charge in [0, 0.05) is 0 Å². The molecule has 134 valence electrons. The van der Waals surface area contributed by atoms with Gasteiger partial charge in [-0.25, -0.2) is 9.48 Å². The number of urea groups is 1. The summed E-state index contributed by atoms with van der Waals surface area (Å²) in [6, 6.07) is 8.58. The van der Waals surface area contributed by atoms with E-state index in [1.54, 1.807) is 0 Å². The standard InChI is InChI=1S/C17H18N6O3/c24-14(13-11-22(21-19-13)12-7-3-1-4-8-12)20-23-15(25)17(18-16(23)26)9-5-2-6-10-17/h1,3-4,7-8,11H,2,5-6,9-10H2,(H,18,26)(H,20,24). The molecule has 1 spiro atoms. The summed E-state index contributed by atoms with van der Waals surface area (Å²) < 4.78 is 1.45. The van der Waals surface area contributed by atoms with Gasteiger partial charge in [0.05, 0.1) is 11.9 Å². The Morgan fingerprint density at radius 1 is 1.12 bits per heavy atom. The molecular weight excluding hydrogens is 336 g/mol.